The van der Waals surface area contributed by atoms with E-state index in [9.17, 15) is 9.18 Å². The zero-order chi connectivity index (χ0) is 19.5. The number of fused-ring (bicyclic) bond motifs is 1. The van der Waals surface area contributed by atoms with Gasteiger partial charge < -0.3 is 14.5 Å². The van der Waals surface area contributed by atoms with Crippen molar-refractivity contribution in [2.24, 2.45) is 0 Å². The monoisotopic (exact) mass is 405 g/mol. The highest BCUT2D eigenvalue weighted by Gasteiger charge is 2.27. The van der Waals surface area contributed by atoms with Crippen molar-refractivity contribution in [2.75, 3.05) is 59.5 Å². The van der Waals surface area contributed by atoms with Crippen LogP contribution in [0.4, 0.5) is 4.39 Å². The Balaban J connectivity index is 1.42. The highest BCUT2D eigenvalue weighted by Crippen LogP contribution is 2.34. The van der Waals surface area contributed by atoms with Crippen molar-refractivity contribution < 1.29 is 13.9 Å². The Bertz CT molecular complexity index is 826. The summed E-state index contributed by atoms with van der Waals surface area (Å²) in [6.07, 6.45) is 2.64. The van der Waals surface area contributed by atoms with Crippen LogP contribution < -0.4 is 0 Å². The van der Waals surface area contributed by atoms with Crippen molar-refractivity contribution in [3.05, 3.63) is 34.5 Å². The van der Waals surface area contributed by atoms with Crippen LogP contribution in [0.5, 0.6) is 0 Å². The number of rotatable bonds is 6. The maximum absolute atomic E-state index is 14.4. The van der Waals surface area contributed by atoms with Crippen LogP contribution >= 0.6 is 11.3 Å². The molecule has 7 heteroatoms. The molecule has 0 radical (unpaired) electrons. The summed E-state index contributed by atoms with van der Waals surface area (Å²) in [6.45, 7) is 8.15. The molecule has 0 aliphatic carbocycles. The molecule has 28 heavy (non-hydrogen) atoms. The van der Waals surface area contributed by atoms with Crippen LogP contribution in [-0.2, 0) is 11.3 Å². The predicted octanol–water partition coefficient (Wildman–Crippen LogP) is 3.04. The second-order valence-corrected chi connectivity index (χ2v) is 8.69. The van der Waals surface area contributed by atoms with E-state index in [4.69, 9.17) is 4.74 Å². The summed E-state index contributed by atoms with van der Waals surface area (Å²) in [5, 5.41) is 0.530. The number of likely N-dealkylation sites (tertiary alicyclic amines) is 1. The Morgan fingerprint density at radius 1 is 1.07 bits per heavy atom. The lowest BCUT2D eigenvalue weighted by Gasteiger charge is -2.35. The van der Waals surface area contributed by atoms with Crippen molar-refractivity contribution >= 4 is 27.3 Å². The number of benzene rings is 1. The Morgan fingerprint density at radius 3 is 2.43 bits per heavy atom. The summed E-state index contributed by atoms with van der Waals surface area (Å²) in [5.41, 5.74) is 0.682. The van der Waals surface area contributed by atoms with Gasteiger partial charge in [0.25, 0.3) is 5.91 Å². The summed E-state index contributed by atoms with van der Waals surface area (Å²) in [6, 6.07) is 5.01. The molecule has 0 spiro atoms. The smallest absolute Gasteiger partial charge is 0.264 e. The second-order valence-electron chi connectivity index (χ2n) is 7.64. The average Bonchev–Trinajstić information content (AvgIpc) is 3.35. The van der Waals surface area contributed by atoms with Gasteiger partial charge in [-0.15, -0.1) is 11.3 Å². The molecule has 0 saturated carbocycles. The molecule has 0 N–H and O–H groups in total. The third-order valence-electron chi connectivity index (χ3n) is 5.84. The lowest BCUT2D eigenvalue weighted by molar-refractivity contribution is 0.0628. The summed E-state index contributed by atoms with van der Waals surface area (Å²) in [4.78, 5) is 20.7. The Hall–Kier alpha value is -1.54. The molecular weight excluding hydrogens is 377 g/mol. The normalized spacial score (nSPS) is 19.0. The molecule has 2 aliphatic rings. The standard InChI is InChI=1S/C21H28FN3O2S/c1-27-15-16-19-17(22)5-4-6-18(19)28-20(16)21(26)25-13-11-24(12-14-25)10-9-23-7-2-3-8-23/h4-6H,2-3,7-15H2,1H3. The fourth-order valence-electron chi connectivity index (χ4n) is 4.23. The summed E-state index contributed by atoms with van der Waals surface area (Å²) < 4.78 is 20.5. The molecule has 152 valence electrons. The van der Waals surface area contributed by atoms with Gasteiger partial charge in [0.1, 0.15) is 5.82 Å². The van der Waals surface area contributed by atoms with Crippen molar-refractivity contribution in [2.45, 2.75) is 19.4 Å². The molecule has 3 heterocycles. The van der Waals surface area contributed by atoms with E-state index >= 15 is 0 Å². The predicted molar refractivity (Wildman–Crippen MR) is 111 cm³/mol. The molecule has 0 unspecified atom stereocenters. The fraction of sp³-hybridized carbons (Fsp3) is 0.571. The largest absolute Gasteiger partial charge is 0.380 e. The van der Waals surface area contributed by atoms with E-state index in [1.165, 1.54) is 43.3 Å². The van der Waals surface area contributed by atoms with E-state index < -0.39 is 0 Å². The lowest BCUT2D eigenvalue weighted by Crippen LogP contribution is -2.50. The van der Waals surface area contributed by atoms with E-state index in [-0.39, 0.29) is 18.3 Å². The first-order chi connectivity index (χ1) is 13.7. The molecule has 2 aromatic rings. The summed E-state index contributed by atoms with van der Waals surface area (Å²) >= 11 is 1.38. The van der Waals surface area contributed by atoms with Crippen LogP contribution in [0.15, 0.2) is 18.2 Å². The molecule has 1 aromatic carbocycles. The number of hydrogen-bond acceptors (Lipinski definition) is 5. The first-order valence-corrected chi connectivity index (χ1v) is 10.9. The molecule has 0 bridgehead atoms. The number of piperazine rings is 1. The number of methoxy groups -OCH3 is 1. The van der Waals surface area contributed by atoms with Crippen molar-refractivity contribution in [1.29, 1.82) is 0 Å². The number of carbonyl (C=O) groups is 1. The third kappa shape index (κ3) is 4.08. The molecule has 2 aliphatic heterocycles. The molecule has 1 aromatic heterocycles. The van der Waals surface area contributed by atoms with E-state index in [2.05, 4.69) is 9.80 Å². The molecule has 5 nitrogen and oxygen atoms in total. The molecule has 0 atom stereocenters. The van der Waals surface area contributed by atoms with Gasteiger partial charge in [0.15, 0.2) is 0 Å². The zero-order valence-corrected chi connectivity index (χ0v) is 17.3. The van der Waals surface area contributed by atoms with Gasteiger partial charge in [-0.25, -0.2) is 4.39 Å². The Labute approximate surface area is 169 Å². The van der Waals surface area contributed by atoms with Gasteiger partial charge in [0.2, 0.25) is 0 Å². The lowest BCUT2D eigenvalue weighted by atomic mass is 10.1. The number of carbonyl (C=O) groups excluding carboxylic acids is 1. The minimum atomic E-state index is -0.286. The van der Waals surface area contributed by atoms with Crippen LogP contribution in [0, 0.1) is 5.82 Å². The van der Waals surface area contributed by atoms with Gasteiger partial charge in [0, 0.05) is 62.0 Å². The quantitative estimate of drug-likeness (QED) is 0.740. The van der Waals surface area contributed by atoms with Crippen LogP contribution in [0.2, 0.25) is 0 Å². The number of amides is 1. The molecule has 4 rings (SSSR count). The van der Waals surface area contributed by atoms with Gasteiger partial charge in [-0.2, -0.15) is 0 Å². The average molecular weight is 406 g/mol. The third-order valence-corrected chi connectivity index (χ3v) is 7.02. The van der Waals surface area contributed by atoms with Crippen molar-refractivity contribution in [3.63, 3.8) is 0 Å². The van der Waals surface area contributed by atoms with E-state index in [1.807, 2.05) is 11.0 Å². The fourth-order valence-corrected chi connectivity index (χ4v) is 5.42. The highest BCUT2D eigenvalue weighted by molar-refractivity contribution is 7.21. The highest BCUT2D eigenvalue weighted by atomic mass is 32.1. The first kappa shape index (κ1) is 19.8. The van der Waals surface area contributed by atoms with E-state index in [0.29, 0.717) is 15.8 Å². The van der Waals surface area contributed by atoms with Gasteiger partial charge in [-0.1, -0.05) is 6.07 Å². The van der Waals surface area contributed by atoms with Crippen LogP contribution in [-0.4, -0.2) is 80.1 Å². The van der Waals surface area contributed by atoms with Crippen molar-refractivity contribution in [3.8, 4) is 0 Å². The summed E-state index contributed by atoms with van der Waals surface area (Å²) in [5.74, 6) is -0.279. The first-order valence-electron chi connectivity index (χ1n) is 10.1. The maximum atomic E-state index is 14.4. The van der Waals surface area contributed by atoms with Gasteiger partial charge in [-0.05, 0) is 38.1 Å². The van der Waals surface area contributed by atoms with Crippen LogP contribution in [0.1, 0.15) is 28.1 Å². The topological polar surface area (TPSA) is 36.0 Å². The number of thiophene rings is 1. The number of halogens is 1. The summed E-state index contributed by atoms with van der Waals surface area (Å²) in [7, 11) is 1.58. The molecule has 1 amide bonds. The number of ether oxygens (including phenoxy) is 1. The van der Waals surface area contributed by atoms with Crippen LogP contribution in [0.3, 0.4) is 0 Å². The van der Waals surface area contributed by atoms with Gasteiger partial charge in [-0.3, -0.25) is 9.69 Å². The second kappa shape index (κ2) is 8.86. The Morgan fingerprint density at radius 2 is 1.75 bits per heavy atom. The number of nitrogens with zero attached hydrogens (tertiary/aromatic N) is 3. The molecule has 2 saturated heterocycles. The van der Waals surface area contributed by atoms with Crippen LogP contribution in [0.25, 0.3) is 10.1 Å². The van der Waals surface area contributed by atoms with Gasteiger partial charge >= 0.3 is 0 Å². The molecular formula is C21H28FN3O2S. The minimum Gasteiger partial charge on any atom is -0.380 e. The maximum Gasteiger partial charge on any atom is 0.264 e. The zero-order valence-electron chi connectivity index (χ0n) is 16.5. The van der Waals surface area contributed by atoms with Crippen molar-refractivity contribution in [1.82, 2.24) is 14.7 Å². The van der Waals surface area contributed by atoms with E-state index in [0.717, 1.165) is 44.0 Å². The minimum absolute atomic E-state index is 0.00634. The Kier molecular flexibility index (Phi) is 6.25. The van der Waals surface area contributed by atoms with Gasteiger partial charge in [0.05, 0.1) is 11.5 Å². The van der Waals surface area contributed by atoms with E-state index in [1.54, 1.807) is 13.2 Å². The molecule has 2 fully saturated rings. The SMILES string of the molecule is COCc1c(C(=O)N2CCN(CCN3CCCC3)CC2)sc2cccc(F)c12. The number of hydrogen-bond donors (Lipinski definition) is 0.